The van der Waals surface area contributed by atoms with Crippen molar-refractivity contribution in [1.29, 1.82) is 0 Å². The zero-order valence-electron chi connectivity index (χ0n) is 6.53. The fraction of sp³-hybridized carbons (Fsp3) is 0.429. The van der Waals surface area contributed by atoms with Gasteiger partial charge in [-0.2, -0.15) is 0 Å². The second-order valence-corrected chi connectivity index (χ2v) is 2.05. The highest BCUT2D eigenvalue weighted by Crippen LogP contribution is 1.84. The van der Waals surface area contributed by atoms with Gasteiger partial charge < -0.3 is 10.5 Å². The second-order valence-electron chi connectivity index (χ2n) is 2.05. The number of nitrogens with two attached hydrogens (primary N) is 1. The molecule has 1 unspecified atom stereocenters. The van der Waals surface area contributed by atoms with E-state index in [1.54, 1.807) is 6.92 Å². The van der Waals surface area contributed by atoms with Crippen molar-refractivity contribution < 1.29 is 14.3 Å². The average Bonchev–Trinajstić information content (AvgIpc) is 1.99. The van der Waals surface area contributed by atoms with E-state index in [2.05, 4.69) is 4.74 Å². The Kier molecular flexibility index (Phi) is 4.14. The minimum atomic E-state index is -0.573. The van der Waals surface area contributed by atoms with Crippen LogP contribution in [0.3, 0.4) is 0 Å². The summed E-state index contributed by atoms with van der Waals surface area (Å²) < 4.78 is 4.26. The third-order valence-corrected chi connectivity index (χ3v) is 1.03. The maximum absolute atomic E-state index is 10.7. The molecule has 0 bridgehead atoms. The van der Waals surface area contributed by atoms with Crippen molar-refractivity contribution in [2.75, 3.05) is 7.11 Å². The van der Waals surface area contributed by atoms with E-state index >= 15 is 0 Å². The van der Waals surface area contributed by atoms with E-state index in [0.717, 1.165) is 12.2 Å². The molecule has 4 nitrogen and oxygen atoms in total. The van der Waals surface area contributed by atoms with E-state index in [4.69, 9.17) is 5.73 Å². The van der Waals surface area contributed by atoms with Crippen LogP contribution in [-0.4, -0.2) is 24.9 Å². The number of esters is 1. The number of methoxy groups -OCH3 is 1. The number of rotatable bonds is 3. The molecule has 0 heterocycles. The van der Waals surface area contributed by atoms with Gasteiger partial charge in [-0.1, -0.05) is 0 Å². The SMILES string of the molecule is COC(=O)/C=C/C(=O)C(C)N. The van der Waals surface area contributed by atoms with Crippen LogP contribution in [0, 0.1) is 0 Å². The zero-order valence-corrected chi connectivity index (χ0v) is 6.53. The molecule has 0 aromatic rings. The van der Waals surface area contributed by atoms with Crippen LogP contribution in [0.15, 0.2) is 12.2 Å². The monoisotopic (exact) mass is 157 g/mol. The summed E-state index contributed by atoms with van der Waals surface area (Å²) in [4.78, 5) is 21.2. The van der Waals surface area contributed by atoms with Gasteiger partial charge in [0.2, 0.25) is 0 Å². The van der Waals surface area contributed by atoms with Gasteiger partial charge in [-0.25, -0.2) is 4.79 Å². The summed E-state index contributed by atoms with van der Waals surface area (Å²) in [6, 6.07) is -0.573. The molecule has 0 aliphatic carbocycles. The van der Waals surface area contributed by atoms with Crippen molar-refractivity contribution >= 4 is 11.8 Å². The van der Waals surface area contributed by atoms with Gasteiger partial charge in [-0.15, -0.1) is 0 Å². The smallest absolute Gasteiger partial charge is 0.330 e. The van der Waals surface area contributed by atoms with Crippen molar-refractivity contribution in [3.63, 3.8) is 0 Å². The summed E-state index contributed by atoms with van der Waals surface area (Å²) in [6.45, 7) is 1.55. The maximum atomic E-state index is 10.7. The predicted molar refractivity (Wildman–Crippen MR) is 39.8 cm³/mol. The van der Waals surface area contributed by atoms with Crippen molar-refractivity contribution in [1.82, 2.24) is 0 Å². The van der Waals surface area contributed by atoms with Crippen LogP contribution in [0.5, 0.6) is 0 Å². The molecule has 4 heteroatoms. The van der Waals surface area contributed by atoms with Crippen LogP contribution in [0.2, 0.25) is 0 Å². The summed E-state index contributed by atoms with van der Waals surface area (Å²) in [6.07, 6.45) is 2.15. The third kappa shape index (κ3) is 4.27. The normalized spacial score (nSPS) is 13.0. The van der Waals surface area contributed by atoms with E-state index in [9.17, 15) is 9.59 Å². The lowest BCUT2D eigenvalue weighted by Gasteiger charge is -1.95. The molecule has 0 aliphatic heterocycles. The first-order valence-electron chi connectivity index (χ1n) is 3.13. The summed E-state index contributed by atoms with van der Waals surface area (Å²) in [5, 5.41) is 0. The van der Waals surface area contributed by atoms with Gasteiger partial charge in [0.15, 0.2) is 5.78 Å². The van der Waals surface area contributed by atoms with E-state index < -0.39 is 12.0 Å². The van der Waals surface area contributed by atoms with Gasteiger partial charge in [0.1, 0.15) is 0 Å². The number of hydrogen-bond donors (Lipinski definition) is 1. The Balaban J connectivity index is 3.93. The van der Waals surface area contributed by atoms with Crippen molar-refractivity contribution in [3.8, 4) is 0 Å². The van der Waals surface area contributed by atoms with E-state index in [0.29, 0.717) is 0 Å². The highest BCUT2D eigenvalue weighted by molar-refractivity contribution is 5.98. The van der Waals surface area contributed by atoms with Gasteiger partial charge in [0, 0.05) is 6.08 Å². The first-order valence-corrected chi connectivity index (χ1v) is 3.13. The van der Waals surface area contributed by atoms with Gasteiger partial charge in [0.05, 0.1) is 13.2 Å². The Labute approximate surface area is 65.0 Å². The molecule has 62 valence electrons. The zero-order chi connectivity index (χ0) is 8.85. The van der Waals surface area contributed by atoms with Gasteiger partial charge in [-0.3, -0.25) is 4.79 Å². The van der Waals surface area contributed by atoms with Crippen molar-refractivity contribution in [2.24, 2.45) is 5.73 Å². The molecular formula is C7H11NO3. The molecule has 0 fully saturated rings. The van der Waals surface area contributed by atoms with Gasteiger partial charge >= 0.3 is 5.97 Å². The van der Waals surface area contributed by atoms with E-state index in [1.165, 1.54) is 7.11 Å². The molecule has 0 aromatic heterocycles. The minimum absolute atomic E-state index is 0.296. The van der Waals surface area contributed by atoms with E-state index in [-0.39, 0.29) is 5.78 Å². The fourth-order valence-corrected chi connectivity index (χ4v) is 0.370. The molecule has 0 aliphatic rings. The second kappa shape index (κ2) is 4.62. The van der Waals surface area contributed by atoms with Crippen LogP contribution in [0.25, 0.3) is 0 Å². The van der Waals surface area contributed by atoms with Crippen LogP contribution in [0.4, 0.5) is 0 Å². The minimum Gasteiger partial charge on any atom is -0.466 e. The quantitative estimate of drug-likeness (QED) is 0.448. The highest BCUT2D eigenvalue weighted by Gasteiger charge is 2.02. The molecule has 0 saturated carbocycles. The summed E-state index contributed by atoms with van der Waals surface area (Å²) in [7, 11) is 1.24. The average molecular weight is 157 g/mol. The van der Waals surface area contributed by atoms with Crippen molar-refractivity contribution in [2.45, 2.75) is 13.0 Å². The number of carbonyl (C=O) groups excluding carboxylic acids is 2. The molecule has 2 N–H and O–H groups in total. The predicted octanol–water partition coefficient (Wildman–Crippen LogP) is -0.368. The topological polar surface area (TPSA) is 69.4 Å². The number of hydrogen-bond acceptors (Lipinski definition) is 4. The first-order chi connectivity index (χ1) is 5.07. The van der Waals surface area contributed by atoms with Crippen LogP contribution in [-0.2, 0) is 14.3 Å². The lowest BCUT2D eigenvalue weighted by atomic mass is 10.2. The number of ketones is 1. The molecular weight excluding hydrogens is 146 g/mol. The van der Waals surface area contributed by atoms with Crippen molar-refractivity contribution in [3.05, 3.63) is 12.2 Å². The lowest BCUT2D eigenvalue weighted by Crippen LogP contribution is -2.24. The summed E-state index contributed by atoms with van der Waals surface area (Å²) in [5.74, 6) is -0.852. The Morgan fingerprint density at radius 1 is 1.45 bits per heavy atom. The highest BCUT2D eigenvalue weighted by atomic mass is 16.5. The summed E-state index contributed by atoms with van der Waals surface area (Å²) in [5.41, 5.74) is 5.21. The van der Waals surface area contributed by atoms with Gasteiger partial charge in [0.25, 0.3) is 0 Å². The molecule has 0 spiro atoms. The number of ether oxygens (including phenoxy) is 1. The van der Waals surface area contributed by atoms with Gasteiger partial charge in [-0.05, 0) is 13.0 Å². The van der Waals surface area contributed by atoms with Crippen LogP contribution < -0.4 is 5.73 Å². The molecule has 0 aromatic carbocycles. The van der Waals surface area contributed by atoms with Crippen LogP contribution >= 0.6 is 0 Å². The maximum Gasteiger partial charge on any atom is 0.330 e. The molecule has 0 amide bonds. The Bertz CT molecular complexity index is 184. The standard InChI is InChI=1S/C7H11NO3/c1-5(8)6(9)3-4-7(10)11-2/h3-5H,8H2,1-2H3/b4-3+. The summed E-state index contributed by atoms with van der Waals surface area (Å²) >= 11 is 0. The lowest BCUT2D eigenvalue weighted by molar-refractivity contribution is -0.135. The first kappa shape index (κ1) is 9.84. The van der Waals surface area contributed by atoms with Crippen LogP contribution in [0.1, 0.15) is 6.92 Å². The third-order valence-electron chi connectivity index (χ3n) is 1.03. The Morgan fingerprint density at radius 3 is 2.36 bits per heavy atom. The Hall–Kier alpha value is -1.16. The Morgan fingerprint density at radius 2 is 2.00 bits per heavy atom. The fourth-order valence-electron chi connectivity index (χ4n) is 0.370. The molecule has 0 radical (unpaired) electrons. The molecule has 0 saturated heterocycles. The molecule has 11 heavy (non-hydrogen) atoms. The molecule has 1 atom stereocenters. The largest absolute Gasteiger partial charge is 0.466 e. The molecule has 0 rings (SSSR count). The number of carbonyl (C=O) groups is 2. The van der Waals surface area contributed by atoms with E-state index in [1.807, 2.05) is 0 Å².